The highest BCUT2D eigenvalue weighted by Gasteiger charge is 2.49. The van der Waals surface area contributed by atoms with Crippen LogP contribution in [0.5, 0.6) is 0 Å². The summed E-state index contributed by atoms with van der Waals surface area (Å²) in [6.45, 7) is 4.59. The van der Waals surface area contributed by atoms with Gasteiger partial charge in [0.15, 0.2) is 0 Å². The van der Waals surface area contributed by atoms with Crippen molar-refractivity contribution in [1.29, 1.82) is 0 Å². The van der Waals surface area contributed by atoms with Crippen LogP contribution in [0.25, 0.3) is 10.9 Å². The Hall–Kier alpha value is -1.08. The molecule has 1 fully saturated rings. The lowest BCUT2D eigenvalue weighted by Gasteiger charge is -2.11. The summed E-state index contributed by atoms with van der Waals surface area (Å²) in [7, 11) is 0. The number of para-hydroxylation sites is 1. The van der Waals surface area contributed by atoms with E-state index in [1.807, 2.05) is 12.1 Å². The minimum absolute atomic E-state index is 0.216. The van der Waals surface area contributed by atoms with Crippen LogP contribution in [0.2, 0.25) is 0 Å². The van der Waals surface area contributed by atoms with Gasteiger partial charge < -0.3 is 0 Å². The molecule has 0 N–H and O–H groups in total. The summed E-state index contributed by atoms with van der Waals surface area (Å²) >= 11 is 6.51. The number of hydrogen-bond acceptors (Lipinski definition) is 1. The standard InChI is InChI=1S/C16H18ClN/c1-16(2)10-13(16)14(17)9-12-8-7-11-5-3-4-6-15(11)18-12/h3-8,13-14H,9-10H2,1-2H3. The van der Waals surface area contributed by atoms with Crippen molar-refractivity contribution in [2.24, 2.45) is 11.3 Å². The van der Waals surface area contributed by atoms with E-state index in [1.54, 1.807) is 0 Å². The molecule has 2 heteroatoms. The second kappa shape index (κ2) is 4.24. The molecule has 18 heavy (non-hydrogen) atoms. The first-order valence-electron chi connectivity index (χ1n) is 6.55. The third-order valence-corrected chi connectivity index (χ3v) is 4.54. The SMILES string of the molecule is CC1(C)CC1C(Cl)Cc1ccc2ccccc2n1. The fourth-order valence-corrected chi connectivity index (χ4v) is 3.28. The molecule has 1 aliphatic rings. The van der Waals surface area contributed by atoms with Crippen molar-refractivity contribution in [3.8, 4) is 0 Å². The number of halogens is 1. The highest BCUT2D eigenvalue weighted by Crippen LogP contribution is 2.55. The van der Waals surface area contributed by atoms with Gasteiger partial charge in [0.2, 0.25) is 0 Å². The Labute approximate surface area is 113 Å². The van der Waals surface area contributed by atoms with Crippen molar-refractivity contribution >= 4 is 22.5 Å². The topological polar surface area (TPSA) is 12.9 Å². The van der Waals surface area contributed by atoms with Crippen LogP contribution < -0.4 is 0 Å². The van der Waals surface area contributed by atoms with E-state index >= 15 is 0 Å². The molecule has 2 atom stereocenters. The van der Waals surface area contributed by atoms with E-state index in [2.05, 4.69) is 43.1 Å². The Morgan fingerprint density at radius 3 is 2.72 bits per heavy atom. The molecule has 0 saturated heterocycles. The van der Waals surface area contributed by atoms with Gasteiger partial charge in [-0.3, -0.25) is 4.98 Å². The van der Waals surface area contributed by atoms with Gasteiger partial charge in [0.05, 0.1) is 5.52 Å². The fourth-order valence-electron chi connectivity index (χ4n) is 2.69. The molecule has 1 aromatic carbocycles. The van der Waals surface area contributed by atoms with Crippen molar-refractivity contribution in [3.05, 3.63) is 42.1 Å². The minimum Gasteiger partial charge on any atom is -0.253 e. The molecule has 1 saturated carbocycles. The summed E-state index contributed by atoms with van der Waals surface area (Å²) in [5.41, 5.74) is 2.61. The van der Waals surface area contributed by atoms with E-state index in [1.165, 1.54) is 11.8 Å². The predicted octanol–water partition coefficient (Wildman–Crippen LogP) is 4.43. The summed E-state index contributed by atoms with van der Waals surface area (Å²) in [5, 5.41) is 1.41. The van der Waals surface area contributed by atoms with Crippen LogP contribution in [0.1, 0.15) is 26.0 Å². The van der Waals surface area contributed by atoms with Gasteiger partial charge >= 0.3 is 0 Å². The lowest BCUT2D eigenvalue weighted by atomic mass is 10.0. The van der Waals surface area contributed by atoms with Gasteiger partial charge in [0, 0.05) is 22.9 Å². The zero-order valence-corrected chi connectivity index (χ0v) is 11.6. The van der Waals surface area contributed by atoms with Crippen LogP contribution in [0.4, 0.5) is 0 Å². The molecule has 94 valence electrons. The monoisotopic (exact) mass is 259 g/mol. The maximum absolute atomic E-state index is 6.51. The highest BCUT2D eigenvalue weighted by molar-refractivity contribution is 6.21. The van der Waals surface area contributed by atoms with E-state index < -0.39 is 0 Å². The molecule has 3 rings (SSSR count). The van der Waals surface area contributed by atoms with Crippen molar-refractivity contribution in [3.63, 3.8) is 0 Å². The van der Waals surface area contributed by atoms with Crippen LogP contribution in [0.3, 0.4) is 0 Å². The maximum atomic E-state index is 6.51. The van der Waals surface area contributed by atoms with Crippen molar-refractivity contribution in [2.75, 3.05) is 0 Å². The quantitative estimate of drug-likeness (QED) is 0.743. The number of aromatic nitrogens is 1. The fraction of sp³-hybridized carbons (Fsp3) is 0.438. The molecule has 2 unspecified atom stereocenters. The number of hydrogen-bond donors (Lipinski definition) is 0. The summed E-state index contributed by atoms with van der Waals surface area (Å²) in [6.07, 6.45) is 2.12. The largest absolute Gasteiger partial charge is 0.253 e. The Morgan fingerprint density at radius 1 is 1.28 bits per heavy atom. The average Bonchev–Trinajstić information content (AvgIpc) is 2.98. The van der Waals surface area contributed by atoms with E-state index in [4.69, 9.17) is 11.6 Å². The number of alkyl halides is 1. The third kappa shape index (κ3) is 2.24. The molecule has 0 spiro atoms. The molecule has 0 bridgehead atoms. The van der Waals surface area contributed by atoms with Crippen LogP contribution in [0, 0.1) is 11.3 Å². The highest BCUT2D eigenvalue weighted by atomic mass is 35.5. The van der Waals surface area contributed by atoms with Gasteiger partial charge in [-0.05, 0) is 29.9 Å². The summed E-state index contributed by atoms with van der Waals surface area (Å²) in [5.74, 6) is 0.646. The Morgan fingerprint density at radius 2 is 2.00 bits per heavy atom. The predicted molar refractivity (Wildman–Crippen MR) is 77.0 cm³/mol. The Bertz CT molecular complexity index is 576. The number of pyridine rings is 1. The summed E-state index contributed by atoms with van der Waals surface area (Å²) in [6, 6.07) is 12.5. The van der Waals surface area contributed by atoms with Gasteiger partial charge in [-0.2, -0.15) is 0 Å². The Balaban J connectivity index is 1.79. The number of benzene rings is 1. The third-order valence-electron chi connectivity index (χ3n) is 4.09. The van der Waals surface area contributed by atoms with Crippen LogP contribution in [-0.2, 0) is 6.42 Å². The van der Waals surface area contributed by atoms with Crippen molar-refractivity contribution in [1.82, 2.24) is 4.98 Å². The first kappa shape index (κ1) is 12.0. The van der Waals surface area contributed by atoms with Crippen LogP contribution in [-0.4, -0.2) is 10.4 Å². The van der Waals surface area contributed by atoms with Gasteiger partial charge in [0.25, 0.3) is 0 Å². The molecule has 1 nitrogen and oxygen atoms in total. The molecular weight excluding hydrogens is 242 g/mol. The molecule has 0 aliphatic heterocycles. The van der Waals surface area contributed by atoms with E-state index in [0.717, 1.165) is 17.6 Å². The van der Waals surface area contributed by atoms with Crippen molar-refractivity contribution < 1.29 is 0 Å². The van der Waals surface area contributed by atoms with Gasteiger partial charge in [-0.1, -0.05) is 38.1 Å². The van der Waals surface area contributed by atoms with Gasteiger partial charge in [-0.15, -0.1) is 11.6 Å². The van der Waals surface area contributed by atoms with E-state index in [0.29, 0.717) is 11.3 Å². The minimum atomic E-state index is 0.216. The molecule has 2 aromatic rings. The van der Waals surface area contributed by atoms with E-state index in [9.17, 15) is 0 Å². The lowest BCUT2D eigenvalue weighted by Crippen LogP contribution is -2.11. The zero-order valence-electron chi connectivity index (χ0n) is 10.9. The first-order chi connectivity index (χ1) is 8.56. The molecule has 1 heterocycles. The van der Waals surface area contributed by atoms with E-state index in [-0.39, 0.29) is 5.38 Å². The lowest BCUT2D eigenvalue weighted by molar-refractivity contribution is 0.536. The maximum Gasteiger partial charge on any atom is 0.0705 e. The van der Waals surface area contributed by atoms with Gasteiger partial charge in [0.1, 0.15) is 0 Å². The Kier molecular flexibility index (Phi) is 2.82. The second-order valence-corrected chi connectivity index (χ2v) is 6.58. The van der Waals surface area contributed by atoms with Crippen molar-refractivity contribution in [2.45, 2.75) is 32.1 Å². The number of rotatable bonds is 3. The van der Waals surface area contributed by atoms with Crippen LogP contribution in [0.15, 0.2) is 36.4 Å². The average molecular weight is 260 g/mol. The summed E-state index contributed by atoms with van der Waals surface area (Å²) < 4.78 is 0. The summed E-state index contributed by atoms with van der Waals surface area (Å²) in [4.78, 5) is 4.69. The normalized spacial score (nSPS) is 22.9. The molecule has 1 aliphatic carbocycles. The second-order valence-electron chi connectivity index (χ2n) is 6.01. The molecule has 1 aromatic heterocycles. The zero-order chi connectivity index (χ0) is 12.8. The smallest absolute Gasteiger partial charge is 0.0705 e. The van der Waals surface area contributed by atoms with Gasteiger partial charge in [-0.25, -0.2) is 0 Å². The first-order valence-corrected chi connectivity index (χ1v) is 6.99. The number of fused-ring (bicyclic) bond motifs is 1. The van der Waals surface area contributed by atoms with Crippen LogP contribution >= 0.6 is 11.6 Å². The molecule has 0 radical (unpaired) electrons. The number of nitrogens with zero attached hydrogens (tertiary/aromatic N) is 1. The molecular formula is C16H18ClN. The molecule has 0 amide bonds.